The van der Waals surface area contributed by atoms with Crippen molar-refractivity contribution in [2.45, 2.75) is 33.6 Å². The molecule has 0 atom stereocenters. The molecule has 0 radical (unpaired) electrons. The van der Waals surface area contributed by atoms with Gasteiger partial charge >= 0.3 is 0 Å². The Morgan fingerprint density at radius 2 is 2.19 bits per heavy atom. The Bertz CT molecular complexity index is 906. The Morgan fingerprint density at radius 1 is 1.41 bits per heavy atom. The zero-order valence-electron chi connectivity index (χ0n) is 16.3. The summed E-state index contributed by atoms with van der Waals surface area (Å²) < 4.78 is 7.69. The van der Waals surface area contributed by atoms with Crippen LogP contribution in [0.15, 0.2) is 12.3 Å². The quantitative estimate of drug-likeness (QED) is 0.731. The van der Waals surface area contributed by atoms with E-state index in [1.807, 2.05) is 19.2 Å². The minimum Gasteiger partial charge on any atom is -0.757 e. The third-order valence-electron chi connectivity index (χ3n) is 4.46. The van der Waals surface area contributed by atoms with Crippen molar-refractivity contribution in [1.82, 2.24) is 14.8 Å². The highest BCUT2D eigenvalue weighted by atomic mass is 16.5. The van der Waals surface area contributed by atoms with Crippen LogP contribution >= 0.6 is 0 Å². The molecule has 1 aliphatic heterocycles. The zero-order valence-corrected chi connectivity index (χ0v) is 16.3. The van der Waals surface area contributed by atoms with Crippen LogP contribution in [0.25, 0.3) is 11.6 Å². The molecule has 0 unspecified atom stereocenters. The van der Waals surface area contributed by atoms with Gasteiger partial charge in [0.05, 0.1) is 6.61 Å². The number of rotatable bonds is 6. The van der Waals surface area contributed by atoms with E-state index in [0.29, 0.717) is 29.8 Å². The van der Waals surface area contributed by atoms with Crippen LogP contribution in [-0.2, 0) is 13.5 Å². The van der Waals surface area contributed by atoms with Crippen LogP contribution in [0.5, 0.6) is 5.88 Å². The van der Waals surface area contributed by atoms with E-state index in [-0.39, 0.29) is 6.54 Å². The molecule has 0 bridgehead atoms. The molecule has 0 amide bonds. The van der Waals surface area contributed by atoms with Gasteiger partial charge in [0.1, 0.15) is 5.82 Å². The number of hydrogen-bond acceptors (Lipinski definition) is 5. The van der Waals surface area contributed by atoms with Crippen molar-refractivity contribution in [1.29, 1.82) is 0 Å². The standard InChI is InChI=1S/C21H25N4O2/c1-6-8-19-18-10-16(12-25(26)20(18)23-24(19)5)17-9-15(7-2)11-22-21(17)27-13-14(3)4/h2,9-11,14H,6,8,12-13H2,1,3-5H3/q-1. The van der Waals surface area contributed by atoms with Crippen molar-refractivity contribution in [3.63, 3.8) is 0 Å². The lowest BCUT2D eigenvalue weighted by molar-refractivity contribution is 0.260. The highest BCUT2D eigenvalue weighted by Crippen LogP contribution is 2.36. The fraction of sp³-hybridized carbons (Fsp3) is 0.429. The smallest absolute Gasteiger partial charge is 0.221 e. The Balaban J connectivity index is 2.09. The third kappa shape index (κ3) is 3.83. The van der Waals surface area contributed by atoms with E-state index in [4.69, 9.17) is 11.2 Å². The lowest BCUT2D eigenvalue weighted by atomic mass is 9.98. The van der Waals surface area contributed by atoms with E-state index >= 15 is 0 Å². The molecule has 1 aliphatic rings. The van der Waals surface area contributed by atoms with Gasteiger partial charge in [-0.15, -0.1) is 6.42 Å². The first-order valence-electron chi connectivity index (χ1n) is 9.25. The second kappa shape index (κ2) is 7.85. The topological polar surface area (TPSA) is 66.2 Å². The Labute approximate surface area is 160 Å². The van der Waals surface area contributed by atoms with Gasteiger partial charge in [0.25, 0.3) is 0 Å². The highest BCUT2D eigenvalue weighted by molar-refractivity contribution is 5.92. The minimum atomic E-state index is 0.184. The molecule has 142 valence electrons. The number of aromatic nitrogens is 3. The SMILES string of the molecule is C#Cc1cnc(OCC(C)C)c(C2=Cc3c(nn(C)c3CCC)N([O-])C2)c1. The molecule has 3 rings (SSSR count). The molecule has 6 nitrogen and oxygen atoms in total. The predicted octanol–water partition coefficient (Wildman–Crippen LogP) is 3.64. The van der Waals surface area contributed by atoms with Gasteiger partial charge in [-0.25, -0.2) is 4.98 Å². The zero-order chi connectivity index (χ0) is 19.6. The third-order valence-corrected chi connectivity index (χ3v) is 4.46. The number of hydrogen-bond donors (Lipinski definition) is 0. The van der Waals surface area contributed by atoms with Crippen molar-refractivity contribution >= 4 is 17.5 Å². The molecule has 27 heavy (non-hydrogen) atoms. The summed E-state index contributed by atoms with van der Waals surface area (Å²) in [5.41, 5.74) is 4.19. The summed E-state index contributed by atoms with van der Waals surface area (Å²) in [6, 6.07) is 1.86. The van der Waals surface area contributed by atoms with E-state index in [1.165, 1.54) is 0 Å². The molecular weight excluding hydrogens is 340 g/mol. The molecule has 6 heteroatoms. The van der Waals surface area contributed by atoms with E-state index in [9.17, 15) is 5.21 Å². The fourth-order valence-electron chi connectivity index (χ4n) is 3.16. The summed E-state index contributed by atoms with van der Waals surface area (Å²) in [5.74, 6) is 3.95. The van der Waals surface area contributed by atoms with Gasteiger partial charge in [-0.05, 0) is 30.1 Å². The number of fused-ring (bicyclic) bond motifs is 1. The first kappa shape index (κ1) is 19.0. The molecule has 0 aliphatic carbocycles. The van der Waals surface area contributed by atoms with Gasteiger partial charge in [0.2, 0.25) is 5.88 Å². The number of pyridine rings is 1. The van der Waals surface area contributed by atoms with Gasteiger partial charge in [-0.1, -0.05) is 33.1 Å². The second-order valence-electron chi connectivity index (χ2n) is 7.19. The maximum absolute atomic E-state index is 12.7. The van der Waals surface area contributed by atoms with Crippen molar-refractivity contribution in [3.8, 4) is 18.2 Å². The summed E-state index contributed by atoms with van der Waals surface area (Å²) in [5, 5.41) is 18.0. The molecule has 2 aromatic rings. The van der Waals surface area contributed by atoms with Gasteiger partial charge in [0.15, 0.2) is 0 Å². The van der Waals surface area contributed by atoms with Crippen molar-refractivity contribution in [2.75, 3.05) is 18.2 Å². The van der Waals surface area contributed by atoms with E-state index in [0.717, 1.165) is 40.3 Å². The summed E-state index contributed by atoms with van der Waals surface area (Å²) >= 11 is 0. The first-order valence-corrected chi connectivity index (χ1v) is 9.25. The molecule has 0 aromatic carbocycles. The number of anilines is 1. The number of hydroxylamine groups is 1. The van der Waals surface area contributed by atoms with E-state index in [2.05, 4.69) is 36.8 Å². The Kier molecular flexibility index (Phi) is 5.52. The molecule has 0 fully saturated rings. The number of ether oxygens (including phenoxy) is 1. The summed E-state index contributed by atoms with van der Waals surface area (Å²) in [6.45, 7) is 6.99. The number of aryl methyl sites for hydroxylation is 1. The lowest BCUT2D eigenvalue weighted by Crippen LogP contribution is -2.22. The maximum atomic E-state index is 12.7. The van der Waals surface area contributed by atoms with E-state index in [1.54, 1.807) is 10.9 Å². The largest absolute Gasteiger partial charge is 0.757 e. The average molecular weight is 365 g/mol. The number of nitrogens with zero attached hydrogens (tertiary/aromatic N) is 4. The van der Waals surface area contributed by atoms with Gasteiger partial charge in [-0.2, -0.15) is 5.10 Å². The van der Waals surface area contributed by atoms with Crippen LogP contribution < -0.4 is 9.80 Å². The molecule has 0 N–H and O–H groups in total. The first-order chi connectivity index (χ1) is 12.9. The van der Waals surface area contributed by atoms with Crippen LogP contribution in [0.1, 0.15) is 49.6 Å². The summed E-state index contributed by atoms with van der Waals surface area (Å²) in [6.07, 6.45) is 11.0. The fourth-order valence-corrected chi connectivity index (χ4v) is 3.16. The Hall–Kier alpha value is -2.78. The normalized spacial score (nSPS) is 13.4. The van der Waals surface area contributed by atoms with Crippen LogP contribution in [-0.4, -0.2) is 27.9 Å². The molecule has 2 aromatic heterocycles. The van der Waals surface area contributed by atoms with Gasteiger partial charge in [-0.3, -0.25) is 4.68 Å². The summed E-state index contributed by atoms with van der Waals surface area (Å²) in [4.78, 5) is 4.39. The molecule has 0 saturated carbocycles. The number of terminal acetylenes is 1. The molecule has 3 heterocycles. The van der Waals surface area contributed by atoms with Gasteiger partial charge in [0, 0.05) is 42.2 Å². The second-order valence-corrected chi connectivity index (χ2v) is 7.19. The maximum Gasteiger partial charge on any atom is 0.221 e. The summed E-state index contributed by atoms with van der Waals surface area (Å²) in [7, 11) is 1.88. The van der Waals surface area contributed by atoms with Crippen molar-refractivity contribution < 1.29 is 4.74 Å². The van der Waals surface area contributed by atoms with Crippen molar-refractivity contribution in [2.24, 2.45) is 13.0 Å². The Morgan fingerprint density at radius 3 is 2.85 bits per heavy atom. The monoisotopic (exact) mass is 365 g/mol. The van der Waals surface area contributed by atoms with Crippen LogP contribution in [0.3, 0.4) is 0 Å². The molecule has 0 saturated heterocycles. The van der Waals surface area contributed by atoms with Crippen LogP contribution in [0, 0.1) is 23.5 Å². The highest BCUT2D eigenvalue weighted by Gasteiger charge is 2.23. The minimum absolute atomic E-state index is 0.184. The molecular formula is C21H25N4O2-. The van der Waals surface area contributed by atoms with Crippen molar-refractivity contribution in [3.05, 3.63) is 39.9 Å². The van der Waals surface area contributed by atoms with E-state index < -0.39 is 0 Å². The van der Waals surface area contributed by atoms with Crippen LogP contribution in [0.4, 0.5) is 5.82 Å². The lowest BCUT2D eigenvalue weighted by Gasteiger charge is -2.33. The van der Waals surface area contributed by atoms with Gasteiger partial charge < -0.3 is 15.0 Å². The molecule has 0 spiro atoms. The predicted molar refractivity (Wildman–Crippen MR) is 108 cm³/mol. The van der Waals surface area contributed by atoms with Crippen LogP contribution in [0.2, 0.25) is 0 Å². The average Bonchev–Trinajstić information content (AvgIpc) is 2.96.